The van der Waals surface area contributed by atoms with Crippen molar-refractivity contribution in [1.29, 1.82) is 0 Å². The number of rotatable bonds is 4. The summed E-state index contributed by atoms with van der Waals surface area (Å²) in [6, 6.07) is 4.08. The van der Waals surface area contributed by atoms with Gasteiger partial charge in [-0.1, -0.05) is 0 Å². The molecule has 2 rings (SSSR count). The minimum atomic E-state index is 0.723. The summed E-state index contributed by atoms with van der Waals surface area (Å²) >= 11 is 0. The fourth-order valence-corrected chi connectivity index (χ4v) is 2.29. The number of pyridine rings is 1. The fourth-order valence-electron chi connectivity index (χ4n) is 2.29. The zero-order chi connectivity index (χ0) is 14.0. The molecule has 0 atom stereocenters. The summed E-state index contributed by atoms with van der Waals surface area (Å²) in [5.41, 5.74) is 3.18. The number of ether oxygens (including phenoxy) is 2. The molecule has 1 heterocycles. The Morgan fingerprint density at radius 2 is 1.89 bits per heavy atom. The van der Waals surface area contributed by atoms with Crippen molar-refractivity contribution in [1.82, 2.24) is 9.88 Å². The van der Waals surface area contributed by atoms with E-state index in [2.05, 4.69) is 16.0 Å². The van der Waals surface area contributed by atoms with Gasteiger partial charge in [0.15, 0.2) is 11.5 Å². The fraction of sp³-hybridized carbons (Fsp3) is 0.400. The van der Waals surface area contributed by atoms with Crippen molar-refractivity contribution in [2.45, 2.75) is 13.5 Å². The van der Waals surface area contributed by atoms with Crippen LogP contribution in [0.3, 0.4) is 0 Å². The SMILES string of the molecule is COc1cc2ncc(CN(C)C)cc2c(C)c1OC. The van der Waals surface area contributed by atoms with Crippen LogP contribution in [-0.2, 0) is 6.54 Å². The van der Waals surface area contributed by atoms with Crippen molar-refractivity contribution in [2.75, 3.05) is 28.3 Å². The van der Waals surface area contributed by atoms with Gasteiger partial charge in [0.2, 0.25) is 0 Å². The van der Waals surface area contributed by atoms with Crippen LogP contribution in [0.15, 0.2) is 18.3 Å². The molecular weight excluding hydrogens is 240 g/mol. The Bertz CT molecular complexity index is 594. The molecule has 0 bridgehead atoms. The van der Waals surface area contributed by atoms with E-state index in [1.54, 1.807) is 14.2 Å². The Morgan fingerprint density at radius 1 is 1.16 bits per heavy atom. The minimum Gasteiger partial charge on any atom is -0.493 e. The third-order valence-corrected chi connectivity index (χ3v) is 3.13. The Hall–Kier alpha value is -1.81. The topological polar surface area (TPSA) is 34.6 Å². The molecule has 1 aromatic carbocycles. The van der Waals surface area contributed by atoms with E-state index in [1.807, 2.05) is 33.3 Å². The monoisotopic (exact) mass is 260 g/mol. The van der Waals surface area contributed by atoms with Gasteiger partial charge in [0, 0.05) is 29.8 Å². The first-order valence-corrected chi connectivity index (χ1v) is 6.21. The smallest absolute Gasteiger partial charge is 0.164 e. The zero-order valence-corrected chi connectivity index (χ0v) is 12.2. The summed E-state index contributed by atoms with van der Waals surface area (Å²) in [4.78, 5) is 6.64. The van der Waals surface area contributed by atoms with Gasteiger partial charge >= 0.3 is 0 Å². The van der Waals surface area contributed by atoms with Gasteiger partial charge < -0.3 is 14.4 Å². The lowest BCUT2D eigenvalue weighted by Gasteiger charge is -2.14. The molecule has 2 aromatic rings. The lowest BCUT2D eigenvalue weighted by Crippen LogP contribution is -2.10. The third-order valence-electron chi connectivity index (χ3n) is 3.13. The first kappa shape index (κ1) is 13.6. The number of hydrogen-bond donors (Lipinski definition) is 0. The maximum absolute atomic E-state index is 5.43. The Balaban J connectivity index is 2.61. The van der Waals surface area contributed by atoms with Crippen LogP contribution >= 0.6 is 0 Å². The Labute approximate surface area is 114 Å². The largest absolute Gasteiger partial charge is 0.493 e. The summed E-state index contributed by atoms with van der Waals surface area (Å²) in [5.74, 6) is 1.50. The van der Waals surface area contributed by atoms with Gasteiger partial charge in [-0.25, -0.2) is 0 Å². The standard InChI is InChI=1S/C15H20N2O2/c1-10-12-6-11(9-17(2)3)8-16-13(12)7-14(18-4)15(10)19-5/h6-8H,9H2,1-5H3. The lowest BCUT2D eigenvalue weighted by molar-refractivity contribution is 0.354. The van der Waals surface area contributed by atoms with E-state index in [9.17, 15) is 0 Å². The molecule has 0 aliphatic carbocycles. The van der Waals surface area contributed by atoms with Crippen LogP contribution in [0.2, 0.25) is 0 Å². The highest BCUT2D eigenvalue weighted by Crippen LogP contribution is 2.36. The predicted octanol–water partition coefficient (Wildman–Crippen LogP) is 2.62. The van der Waals surface area contributed by atoms with Crippen LogP contribution in [0, 0.1) is 6.92 Å². The molecule has 0 unspecified atom stereocenters. The average Bonchev–Trinajstić information content (AvgIpc) is 2.38. The number of fused-ring (bicyclic) bond motifs is 1. The van der Waals surface area contributed by atoms with Crippen molar-refractivity contribution in [3.8, 4) is 11.5 Å². The maximum atomic E-state index is 5.43. The second-order valence-corrected chi connectivity index (χ2v) is 4.89. The van der Waals surface area contributed by atoms with Gasteiger partial charge in [-0.05, 0) is 32.6 Å². The van der Waals surface area contributed by atoms with Crippen LogP contribution in [-0.4, -0.2) is 38.2 Å². The van der Waals surface area contributed by atoms with Gasteiger partial charge in [-0.3, -0.25) is 4.98 Å². The molecule has 0 amide bonds. The quantitative estimate of drug-likeness (QED) is 0.846. The summed E-state index contributed by atoms with van der Waals surface area (Å²) in [6.07, 6.45) is 1.91. The lowest BCUT2D eigenvalue weighted by atomic mass is 10.1. The Morgan fingerprint density at radius 3 is 2.47 bits per heavy atom. The molecule has 102 valence electrons. The molecule has 4 heteroatoms. The molecule has 0 spiro atoms. The van der Waals surface area contributed by atoms with Crippen LogP contribution in [0.5, 0.6) is 11.5 Å². The second-order valence-electron chi connectivity index (χ2n) is 4.89. The van der Waals surface area contributed by atoms with E-state index in [4.69, 9.17) is 9.47 Å². The molecule has 0 radical (unpaired) electrons. The number of methoxy groups -OCH3 is 2. The molecule has 0 aliphatic rings. The molecular formula is C15H20N2O2. The van der Waals surface area contributed by atoms with Crippen molar-refractivity contribution in [3.63, 3.8) is 0 Å². The number of aromatic nitrogens is 1. The van der Waals surface area contributed by atoms with Gasteiger partial charge in [0.1, 0.15) is 0 Å². The molecule has 1 aromatic heterocycles. The second kappa shape index (κ2) is 5.45. The molecule has 4 nitrogen and oxygen atoms in total. The normalized spacial score (nSPS) is 11.1. The van der Waals surface area contributed by atoms with Crippen molar-refractivity contribution >= 4 is 10.9 Å². The number of benzene rings is 1. The van der Waals surface area contributed by atoms with E-state index in [0.717, 1.165) is 34.5 Å². The minimum absolute atomic E-state index is 0.723. The van der Waals surface area contributed by atoms with Crippen molar-refractivity contribution < 1.29 is 9.47 Å². The van der Waals surface area contributed by atoms with E-state index in [-0.39, 0.29) is 0 Å². The highest BCUT2D eigenvalue weighted by atomic mass is 16.5. The van der Waals surface area contributed by atoms with Crippen LogP contribution < -0.4 is 9.47 Å². The first-order chi connectivity index (χ1) is 9.06. The summed E-state index contributed by atoms with van der Waals surface area (Å²) in [7, 11) is 7.40. The van der Waals surface area contributed by atoms with Crippen LogP contribution in [0.1, 0.15) is 11.1 Å². The van der Waals surface area contributed by atoms with E-state index in [1.165, 1.54) is 5.56 Å². The highest BCUT2D eigenvalue weighted by Gasteiger charge is 2.12. The van der Waals surface area contributed by atoms with Gasteiger partial charge in [-0.15, -0.1) is 0 Å². The molecule has 19 heavy (non-hydrogen) atoms. The van der Waals surface area contributed by atoms with E-state index in [0.29, 0.717) is 0 Å². The predicted molar refractivity (Wildman–Crippen MR) is 77.0 cm³/mol. The summed E-state index contributed by atoms with van der Waals surface area (Å²) in [5, 5.41) is 1.11. The van der Waals surface area contributed by atoms with Crippen LogP contribution in [0.25, 0.3) is 10.9 Å². The molecule has 0 saturated carbocycles. The van der Waals surface area contributed by atoms with Crippen molar-refractivity contribution in [2.24, 2.45) is 0 Å². The zero-order valence-electron chi connectivity index (χ0n) is 12.2. The summed E-state index contributed by atoms with van der Waals surface area (Å²) in [6.45, 7) is 2.90. The Kier molecular flexibility index (Phi) is 3.90. The molecule has 0 aliphatic heterocycles. The summed E-state index contributed by atoms with van der Waals surface area (Å²) < 4.78 is 10.8. The first-order valence-electron chi connectivity index (χ1n) is 6.21. The molecule has 0 saturated heterocycles. The van der Waals surface area contributed by atoms with Gasteiger partial charge in [-0.2, -0.15) is 0 Å². The number of nitrogens with zero attached hydrogens (tertiary/aromatic N) is 2. The average molecular weight is 260 g/mol. The van der Waals surface area contributed by atoms with E-state index >= 15 is 0 Å². The van der Waals surface area contributed by atoms with E-state index < -0.39 is 0 Å². The molecule has 0 N–H and O–H groups in total. The van der Waals surface area contributed by atoms with Crippen LogP contribution in [0.4, 0.5) is 0 Å². The molecule has 0 fully saturated rings. The number of hydrogen-bond acceptors (Lipinski definition) is 4. The van der Waals surface area contributed by atoms with Gasteiger partial charge in [0.05, 0.1) is 19.7 Å². The highest BCUT2D eigenvalue weighted by molar-refractivity contribution is 5.87. The maximum Gasteiger partial charge on any atom is 0.164 e. The van der Waals surface area contributed by atoms with Crippen molar-refractivity contribution in [3.05, 3.63) is 29.5 Å². The third kappa shape index (κ3) is 2.63. The van der Waals surface area contributed by atoms with Gasteiger partial charge in [0.25, 0.3) is 0 Å². The number of aryl methyl sites for hydroxylation is 1.